The zero-order valence-corrected chi connectivity index (χ0v) is 18.0. The van der Waals surface area contributed by atoms with Gasteiger partial charge in [0, 0.05) is 30.3 Å². The van der Waals surface area contributed by atoms with E-state index >= 15 is 0 Å². The van der Waals surface area contributed by atoms with E-state index in [-0.39, 0.29) is 17.5 Å². The summed E-state index contributed by atoms with van der Waals surface area (Å²) in [6.07, 6.45) is -3.31. The van der Waals surface area contributed by atoms with Crippen molar-refractivity contribution in [2.24, 2.45) is 5.92 Å². The maximum Gasteiger partial charge on any atom is 0.416 e. The molecule has 0 spiro atoms. The third-order valence-corrected chi connectivity index (χ3v) is 5.68. The van der Waals surface area contributed by atoms with Gasteiger partial charge in [-0.2, -0.15) is 13.2 Å². The number of nitrogens with one attached hydrogen (secondary N) is 1. The smallest absolute Gasteiger partial charge is 0.416 e. The maximum atomic E-state index is 12.9. The number of aromatic nitrogens is 2. The first kappa shape index (κ1) is 22.6. The predicted octanol–water partition coefficient (Wildman–Crippen LogP) is 5.03. The molecular weight excluding hydrogens is 433 g/mol. The van der Waals surface area contributed by atoms with Gasteiger partial charge in [-0.25, -0.2) is 0 Å². The van der Waals surface area contributed by atoms with E-state index < -0.39 is 11.7 Å². The molecule has 0 aliphatic carbocycles. The van der Waals surface area contributed by atoms with Gasteiger partial charge in [-0.15, -0.1) is 10.2 Å². The summed E-state index contributed by atoms with van der Waals surface area (Å²) >= 11 is 0. The summed E-state index contributed by atoms with van der Waals surface area (Å²) < 4.78 is 44.0. The number of halogens is 3. The molecule has 1 aromatic heterocycles. The number of hydrogen-bond donors (Lipinski definition) is 1. The number of methoxy groups -OCH3 is 1. The Morgan fingerprint density at radius 2 is 1.79 bits per heavy atom. The third-order valence-electron chi connectivity index (χ3n) is 5.68. The van der Waals surface area contributed by atoms with Gasteiger partial charge < -0.3 is 15.0 Å². The normalized spacial score (nSPS) is 14.7. The van der Waals surface area contributed by atoms with Gasteiger partial charge in [0.25, 0.3) is 0 Å². The molecule has 1 saturated heterocycles. The standard InChI is InChI=1S/C24H23F3N4O2/c1-33-21-8-3-2-7-19(21)20-9-10-22(30-29-20)31-13-11-16(12-14-31)23(32)28-18-6-4-5-17(15-18)24(25,26)27/h2-10,15-16H,11-14H2,1H3,(H,28,32). The molecule has 4 rings (SSSR count). The minimum atomic E-state index is -4.45. The number of nitrogens with zero attached hydrogens (tertiary/aromatic N) is 3. The highest BCUT2D eigenvalue weighted by Gasteiger charge is 2.31. The topological polar surface area (TPSA) is 67.3 Å². The second-order valence-corrected chi connectivity index (χ2v) is 7.81. The van der Waals surface area contributed by atoms with E-state index in [0.717, 1.165) is 17.7 Å². The average Bonchev–Trinajstić information content (AvgIpc) is 2.84. The van der Waals surface area contributed by atoms with Gasteiger partial charge in [0.2, 0.25) is 5.91 Å². The molecule has 3 aromatic rings. The first-order chi connectivity index (χ1) is 15.8. The number of rotatable bonds is 5. The molecule has 1 aliphatic rings. The van der Waals surface area contributed by atoms with Crippen LogP contribution in [0.1, 0.15) is 18.4 Å². The molecule has 2 heterocycles. The van der Waals surface area contributed by atoms with Crippen LogP contribution in [0.4, 0.5) is 24.7 Å². The molecule has 0 saturated carbocycles. The van der Waals surface area contributed by atoms with E-state index in [2.05, 4.69) is 15.5 Å². The Bertz CT molecular complexity index is 1110. The number of ether oxygens (including phenoxy) is 1. The molecule has 172 valence electrons. The molecule has 1 aliphatic heterocycles. The minimum absolute atomic E-state index is 0.148. The van der Waals surface area contributed by atoms with Crippen LogP contribution in [-0.2, 0) is 11.0 Å². The van der Waals surface area contributed by atoms with E-state index in [1.54, 1.807) is 7.11 Å². The van der Waals surface area contributed by atoms with Gasteiger partial charge in [0.1, 0.15) is 5.75 Å². The number of anilines is 2. The van der Waals surface area contributed by atoms with Crippen LogP contribution in [0.2, 0.25) is 0 Å². The fourth-order valence-electron chi connectivity index (χ4n) is 3.88. The zero-order chi connectivity index (χ0) is 23.4. The fourth-order valence-corrected chi connectivity index (χ4v) is 3.88. The molecular formula is C24H23F3N4O2. The summed E-state index contributed by atoms with van der Waals surface area (Å²) in [5, 5.41) is 11.3. The predicted molar refractivity (Wildman–Crippen MR) is 119 cm³/mol. The Hall–Kier alpha value is -3.62. The summed E-state index contributed by atoms with van der Waals surface area (Å²) in [5.41, 5.74) is 0.913. The van der Waals surface area contributed by atoms with E-state index in [4.69, 9.17) is 4.74 Å². The molecule has 33 heavy (non-hydrogen) atoms. The molecule has 6 nitrogen and oxygen atoms in total. The van der Waals surface area contributed by atoms with Crippen molar-refractivity contribution < 1.29 is 22.7 Å². The summed E-state index contributed by atoms with van der Waals surface area (Å²) in [6.45, 7) is 1.20. The number of carbonyl (C=O) groups is 1. The van der Waals surface area contributed by atoms with E-state index in [1.807, 2.05) is 41.3 Å². The number of alkyl halides is 3. The van der Waals surface area contributed by atoms with Crippen molar-refractivity contribution in [1.29, 1.82) is 0 Å². The van der Waals surface area contributed by atoms with Gasteiger partial charge in [0.15, 0.2) is 5.82 Å². The number of para-hydroxylation sites is 1. The average molecular weight is 456 g/mol. The lowest BCUT2D eigenvalue weighted by molar-refractivity contribution is -0.137. The van der Waals surface area contributed by atoms with Crippen LogP contribution in [0.5, 0.6) is 5.75 Å². The second kappa shape index (κ2) is 9.48. The number of benzene rings is 2. The molecule has 1 fully saturated rings. The van der Waals surface area contributed by atoms with Gasteiger partial charge in [-0.05, 0) is 55.3 Å². The first-order valence-corrected chi connectivity index (χ1v) is 10.6. The van der Waals surface area contributed by atoms with E-state index in [1.165, 1.54) is 12.1 Å². The molecule has 0 bridgehead atoms. The molecule has 1 N–H and O–H groups in total. The Labute approximate surface area is 189 Å². The Balaban J connectivity index is 1.35. The highest BCUT2D eigenvalue weighted by atomic mass is 19.4. The Morgan fingerprint density at radius 1 is 1.03 bits per heavy atom. The zero-order valence-electron chi connectivity index (χ0n) is 18.0. The Morgan fingerprint density at radius 3 is 2.45 bits per heavy atom. The molecule has 9 heteroatoms. The Kier molecular flexibility index (Phi) is 6.48. The number of piperidine rings is 1. The van der Waals surface area contributed by atoms with Crippen LogP contribution in [-0.4, -0.2) is 36.3 Å². The monoisotopic (exact) mass is 456 g/mol. The molecule has 0 radical (unpaired) electrons. The lowest BCUT2D eigenvalue weighted by Gasteiger charge is -2.31. The van der Waals surface area contributed by atoms with Crippen LogP contribution in [0.25, 0.3) is 11.3 Å². The minimum Gasteiger partial charge on any atom is -0.496 e. The summed E-state index contributed by atoms with van der Waals surface area (Å²) in [7, 11) is 1.61. The number of carbonyl (C=O) groups excluding carboxylic acids is 1. The summed E-state index contributed by atoms with van der Waals surface area (Å²) in [5.74, 6) is 0.876. The van der Waals surface area contributed by atoms with E-state index in [0.29, 0.717) is 43.2 Å². The number of amides is 1. The van der Waals surface area contributed by atoms with Crippen LogP contribution in [0.15, 0.2) is 60.7 Å². The van der Waals surface area contributed by atoms with Crippen molar-refractivity contribution in [3.05, 3.63) is 66.2 Å². The first-order valence-electron chi connectivity index (χ1n) is 10.6. The fraction of sp³-hybridized carbons (Fsp3) is 0.292. The van der Waals surface area contributed by atoms with Crippen LogP contribution in [0, 0.1) is 5.92 Å². The molecule has 2 aromatic carbocycles. The second-order valence-electron chi connectivity index (χ2n) is 7.81. The van der Waals surface area contributed by atoms with Crippen molar-refractivity contribution in [3.8, 4) is 17.0 Å². The van der Waals surface area contributed by atoms with Gasteiger partial charge >= 0.3 is 6.18 Å². The van der Waals surface area contributed by atoms with Crippen molar-refractivity contribution in [1.82, 2.24) is 10.2 Å². The lowest BCUT2D eigenvalue weighted by atomic mass is 9.95. The SMILES string of the molecule is COc1ccccc1-c1ccc(N2CCC(C(=O)Nc3cccc(C(F)(F)F)c3)CC2)nn1. The van der Waals surface area contributed by atoms with Crippen LogP contribution in [0.3, 0.4) is 0 Å². The van der Waals surface area contributed by atoms with Crippen LogP contribution >= 0.6 is 0 Å². The van der Waals surface area contributed by atoms with Crippen LogP contribution < -0.4 is 15.0 Å². The van der Waals surface area contributed by atoms with Crippen molar-refractivity contribution >= 4 is 17.4 Å². The lowest BCUT2D eigenvalue weighted by Crippen LogP contribution is -2.38. The van der Waals surface area contributed by atoms with Crippen molar-refractivity contribution in [3.63, 3.8) is 0 Å². The highest BCUT2D eigenvalue weighted by molar-refractivity contribution is 5.92. The molecule has 1 amide bonds. The van der Waals surface area contributed by atoms with Crippen molar-refractivity contribution in [2.45, 2.75) is 19.0 Å². The van der Waals surface area contributed by atoms with Gasteiger partial charge in [0.05, 0.1) is 18.4 Å². The quantitative estimate of drug-likeness (QED) is 0.584. The molecule has 0 unspecified atom stereocenters. The summed E-state index contributed by atoms with van der Waals surface area (Å²) in [4.78, 5) is 14.6. The van der Waals surface area contributed by atoms with Gasteiger partial charge in [-0.1, -0.05) is 18.2 Å². The largest absolute Gasteiger partial charge is 0.496 e. The third kappa shape index (κ3) is 5.24. The maximum absolute atomic E-state index is 12.9. The number of hydrogen-bond acceptors (Lipinski definition) is 5. The molecule has 0 atom stereocenters. The highest BCUT2D eigenvalue weighted by Crippen LogP contribution is 2.32. The summed E-state index contributed by atoms with van der Waals surface area (Å²) in [6, 6.07) is 16.0. The van der Waals surface area contributed by atoms with Gasteiger partial charge in [-0.3, -0.25) is 4.79 Å². The van der Waals surface area contributed by atoms with E-state index in [9.17, 15) is 18.0 Å². The van der Waals surface area contributed by atoms with Crippen molar-refractivity contribution in [2.75, 3.05) is 30.4 Å².